The van der Waals surface area contributed by atoms with Crippen molar-refractivity contribution in [3.8, 4) is 0 Å². The Bertz CT molecular complexity index is 677. The van der Waals surface area contributed by atoms with Gasteiger partial charge in [0, 0.05) is 20.3 Å². The van der Waals surface area contributed by atoms with Gasteiger partial charge in [0.25, 0.3) is 0 Å². The molecule has 4 nitrogen and oxygen atoms in total. The van der Waals surface area contributed by atoms with Crippen LogP contribution < -0.4 is 0 Å². The maximum atomic E-state index is 13.2. The highest BCUT2D eigenvalue weighted by atomic mass is 19.4. The Labute approximate surface area is 126 Å². The van der Waals surface area contributed by atoms with Crippen LogP contribution >= 0.6 is 0 Å². The van der Waals surface area contributed by atoms with Crippen LogP contribution in [0.3, 0.4) is 0 Å². The van der Waals surface area contributed by atoms with Crippen molar-refractivity contribution in [2.24, 2.45) is 0 Å². The van der Waals surface area contributed by atoms with E-state index in [0.29, 0.717) is 5.69 Å². The maximum Gasteiger partial charge on any atom is 0.416 e. The molecular formula is C15H16F3N3O. The molecule has 22 heavy (non-hydrogen) atoms. The Morgan fingerprint density at radius 1 is 1.27 bits per heavy atom. The summed E-state index contributed by atoms with van der Waals surface area (Å²) in [6.07, 6.45) is -1.61. The minimum absolute atomic E-state index is 0.0916. The average molecular weight is 311 g/mol. The number of carbonyl (C=O) groups is 1. The minimum Gasteiger partial charge on any atom is -0.347 e. The van der Waals surface area contributed by atoms with Gasteiger partial charge < -0.3 is 9.47 Å². The van der Waals surface area contributed by atoms with Crippen LogP contribution in [0.25, 0.3) is 0 Å². The molecule has 1 aromatic carbocycles. The fraction of sp³-hybridized carbons (Fsp3) is 0.333. The monoisotopic (exact) mass is 311 g/mol. The van der Waals surface area contributed by atoms with Gasteiger partial charge in [-0.25, -0.2) is 4.98 Å². The van der Waals surface area contributed by atoms with Gasteiger partial charge in [0.15, 0.2) is 0 Å². The first-order chi connectivity index (χ1) is 10.2. The van der Waals surface area contributed by atoms with Gasteiger partial charge in [0.05, 0.1) is 17.6 Å². The topological polar surface area (TPSA) is 38.1 Å². The smallest absolute Gasteiger partial charge is 0.347 e. The number of alkyl halides is 3. The van der Waals surface area contributed by atoms with E-state index in [2.05, 4.69) is 4.98 Å². The van der Waals surface area contributed by atoms with Crippen LogP contribution in [-0.2, 0) is 11.0 Å². The highest BCUT2D eigenvalue weighted by molar-refractivity contribution is 5.83. The van der Waals surface area contributed by atoms with E-state index < -0.39 is 23.7 Å². The van der Waals surface area contributed by atoms with Gasteiger partial charge in [0.2, 0.25) is 5.91 Å². The van der Waals surface area contributed by atoms with Crippen molar-refractivity contribution in [3.05, 3.63) is 53.6 Å². The first-order valence-electron chi connectivity index (χ1n) is 6.59. The molecular weight excluding hydrogens is 295 g/mol. The molecule has 0 saturated carbocycles. The number of amides is 1. The lowest BCUT2D eigenvalue weighted by Gasteiger charge is -2.24. The Morgan fingerprint density at radius 2 is 1.91 bits per heavy atom. The lowest BCUT2D eigenvalue weighted by molar-refractivity contribution is -0.139. The van der Waals surface area contributed by atoms with Gasteiger partial charge in [-0.1, -0.05) is 18.2 Å². The predicted octanol–water partition coefficient (Wildman–Crippen LogP) is 2.89. The molecule has 2 aromatic rings. The van der Waals surface area contributed by atoms with Crippen molar-refractivity contribution >= 4 is 5.91 Å². The second-order valence-electron chi connectivity index (χ2n) is 5.18. The molecule has 0 saturated heterocycles. The largest absolute Gasteiger partial charge is 0.416 e. The summed E-state index contributed by atoms with van der Waals surface area (Å²) in [6.45, 7) is 1.71. The molecule has 1 atom stereocenters. The van der Waals surface area contributed by atoms with E-state index in [1.807, 2.05) is 0 Å². The first kappa shape index (κ1) is 16.1. The molecule has 1 heterocycles. The van der Waals surface area contributed by atoms with Crippen molar-refractivity contribution in [1.82, 2.24) is 14.5 Å². The average Bonchev–Trinajstić information content (AvgIpc) is 2.84. The summed E-state index contributed by atoms with van der Waals surface area (Å²) < 4.78 is 41.1. The van der Waals surface area contributed by atoms with Gasteiger partial charge in [-0.3, -0.25) is 4.79 Å². The Morgan fingerprint density at radius 3 is 2.41 bits per heavy atom. The van der Waals surface area contributed by atoms with Gasteiger partial charge in [-0.05, 0) is 18.6 Å². The fourth-order valence-corrected chi connectivity index (χ4v) is 2.24. The van der Waals surface area contributed by atoms with Crippen molar-refractivity contribution < 1.29 is 18.0 Å². The molecule has 0 aliphatic carbocycles. The molecule has 0 bridgehead atoms. The number of hydrogen-bond acceptors (Lipinski definition) is 2. The molecule has 1 unspecified atom stereocenters. The van der Waals surface area contributed by atoms with Gasteiger partial charge in [-0.15, -0.1) is 0 Å². The van der Waals surface area contributed by atoms with Crippen LogP contribution in [0.15, 0.2) is 36.8 Å². The van der Waals surface area contributed by atoms with Crippen LogP contribution in [0.2, 0.25) is 0 Å². The third-order valence-electron chi connectivity index (χ3n) is 3.26. The SMILES string of the molecule is Cc1cn(C(C(=O)N(C)C)c2ccccc2C(F)(F)F)cn1. The van der Waals surface area contributed by atoms with Gasteiger partial charge in [-0.2, -0.15) is 13.2 Å². The molecule has 1 aromatic heterocycles. The lowest BCUT2D eigenvalue weighted by atomic mass is 9.98. The Balaban J connectivity index is 2.63. The number of imidazole rings is 1. The summed E-state index contributed by atoms with van der Waals surface area (Å²) in [4.78, 5) is 17.7. The molecule has 0 aliphatic heterocycles. The van der Waals surface area contributed by atoms with Crippen molar-refractivity contribution in [2.45, 2.75) is 19.1 Å². The number of aryl methyl sites for hydroxylation is 1. The molecule has 0 radical (unpaired) electrons. The summed E-state index contributed by atoms with van der Waals surface area (Å²) in [7, 11) is 3.02. The molecule has 0 N–H and O–H groups in total. The zero-order valence-electron chi connectivity index (χ0n) is 12.4. The molecule has 118 valence electrons. The number of aromatic nitrogens is 2. The van der Waals surface area contributed by atoms with E-state index in [-0.39, 0.29) is 5.56 Å². The van der Waals surface area contributed by atoms with E-state index in [1.54, 1.807) is 13.1 Å². The minimum atomic E-state index is -4.53. The molecule has 0 spiro atoms. The van der Waals surface area contributed by atoms with Crippen LogP contribution in [-0.4, -0.2) is 34.5 Å². The number of halogens is 3. The van der Waals surface area contributed by atoms with Crippen LogP contribution in [0.5, 0.6) is 0 Å². The number of likely N-dealkylation sites (N-methyl/N-ethyl adjacent to an activating group) is 1. The highest BCUT2D eigenvalue weighted by Gasteiger charge is 2.37. The highest BCUT2D eigenvalue weighted by Crippen LogP contribution is 2.36. The van der Waals surface area contributed by atoms with Crippen LogP contribution in [0, 0.1) is 6.92 Å². The van der Waals surface area contributed by atoms with Gasteiger partial charge >= 0.3 is 6.18 Å². The number of benzene rings is 1. The number of rotatable bonds is 3. The van der Waals surface area contributed by atoms with E-state index in [0.717, 1.165) is 6.07 Å². The Kier molecular flexibility index (Phi) is 4.25. The maximum absolute atomic E-state index is 13.2. The quantitative estimate of drug-likeness (QED) is 0.874. The summed E-state index contributed by atoms with van der Waals surface area (Å²) in [5.41, 5.74) is -0.284. The van der Waals surface area contributed by atoms with E-state index in [9.17, 15) is 18.0 Å². The second kappa shape index (κ2) is 5.82. The third kappa shape index (κ3) is 3.13. The number of nitrogens with zero attached hydrogens (tertiary/aromatic N) is 3. The zero-order chi connectivity index (χ0) is 16.5. The fourth-order valence-electron chi connectivity index (χ4n) is 2.24. The standard InChI is InChI=1S/C15H16F3N3O/c1-10-8-21(9-19-10)13(14(22)20(2)3)11-6-4-5-7-12(11)15(16,17)18/h4-9,13H,1-3H3. The summed E-state index contributed by atoms with van der Waals surface area (Å²) >= 11 is 0. The summed E-state index contributed by atoms with van der Waals surface area (Å²) in [5.74, 6) is -0.450. The number of hydrogen-bond donors (Lipinski definition) is 0. The molecule has 1 amide bonds. The molecule has 7 heteroatoms. The summed E-state index contributed by atoms with van der Waals surface area (Å²) in [6, 6.07) is 4.00. The molecule has 0 aliphatic rings. The van der Waals surface area contributed by atoms with Gasteiger partial charge in [0.1, 0.15) is 6.04 Å². The lowest BCUT2D eigenvalue weighted by Crippen LogP contribution is -2.33. The Hall–Kier alpha value is -2.31. The van der Waals surface area contributed by atoms with E-state index in [1.165, 1.54) is 48.1 Å². The van der Waals surface area contributed by atoms with E-state index >= 15 is 0 Å². The van der Waals surface area contributed by atoms with Crippen LogP contribution in [0.1, 0.15) is 22.9 Å². The predicted molar refractivity (Wildman–Crippen MR) is 75.2 cm³/mol. The molecule has 0 fully saturated rings. The summed E-state index contributed by atoms with van der Waals surface area (Å²) in [5, 5.41) is 0. The first-order valence-corrected chi connectivity index (χ1v) is 6.59. The van der Waals surface area contributed by atoms with Crippen molar-refractivity contribution in [1.29, 1.82) is 0 Å². The number of carbonyl (C=O) groups excluding carboxylic acids is 1. The third-order valence-corrected chi connectivity index (χ3v) is 3.26. The van der Waals surface area contributed by atoms with Crippen LogP contribution in [0.4, 0.5) is 13.2 Å². The van der Waals surface area contributed by atoms with Crippen molar-refractivity contribution in [3.63, 3.8) is 0 Å². The normalized spacial score (nSPS) is 13.0. The zero-order valence-corrected chi connectivity index (χ0v) is 12.4. The van der Waals surface area contributed by atoms with Crippen molar-refractivity contribution in [2.75, 3.05) is 14.1 Å². The molecule has 2 rings (SSSR count). The second-order valence-corrected chi connectivity index (χ2v) is 5.18. The van der Waals surface area contributed by atoms with E-state index in [4.69, 9.17) is 0 Å².